The van der Waals surface area contributed by atoms with Crippen molar-refractivity contribution in [2.24, 2.45) is 11.8 Å². The Hall–Kier alpha value is -2.57. The van der Waals surface area contributed by atoms with Gasteiger partial charge in [0.25, 0.3) is 0 Å². The van der Waals surface area contributed by atoms with Gasteiger partial charge in [0.1, 0.15) is 23.9 Å². The number of epoxide rings is 1. The lowest BCUT2D eigenvalue weighted by atomic mass is 9.87. The number of amides is 2. The summed E-state index contributed by atoms with van der Waals surface area (Å²) >= 11 is 0. The Morgan fingerprint density at radius 2 is 1.79 bits per heavy atom. The molecule has 10 atom stereocenters. The van der Waals surface area contributed by atoms with E-state index < -0.39 is 24.1 Å². The molecule has 1 spiro atoms. The predicted octanol–water partition coefficient (Wildman–Crippen LogP) is 4.93. The lowest BCUT2D eigenvalue weighted by Crippen LogP contribution is -2.53. The number of allylic oxidation sites excluding steroid dienone is 2. The first-order valence-corrected chi connectivity index (χ1v) is 17.8. The van der Waals surface area contributed by atoms with Gasteiger partial charge in [-0.3, -0.25) is 14.4 Å². The lowest BCUT2D eigenvalue weighted by molar-refractivity contribution is -0.226. The average molecular weight is 677 g/mol. The maximum atomic E-state index is 12.6. The highest BCUT2D eigenvalue weighted by Gasteiger charge is 2.60. The van der Waals surface area contributed by atoms with Crippen molar-refractivity contribution < 1.29 is 42.8 Å². The number of ether oxygens (including phenoxy) is 6. The van der Waals surface area contributed by atoms with Crippen molar-refractivity contribution in [2.45, 2.75) is 149 Å². The molecule has 0 aromatic rings. The van der Waals surface area contributed by atoms with Crippen LogP contribution in [0.2, 0.25) is 0 Å². The molecule has 0 aromatic heterocycles. The molecule has 3 rings (SSSR count). The molecular weight excluding hydrogens is 616 g/mol. The van der Waals surface area contributed by atoms with Gasteiger partial charge in [-0.1, -0.05) is 51.5 Å². The predicted molar refractivity (Wildman–Crippen MR) is 183 cm³/mol. The highest BCUT2D eigenvalue weighted by molar-refractivity contribution is 5.87. The third-order valence-electron chi connectivity index (χ3n) is 9.04. The average Bonchev–Trinajstić information content (AvgIpc) is 3.79. The number of rotatable bonds is 17. The van der Waals surface area contributed by atoms with Gasteiger partial charge in [-0.15, -0.1) is 0 Å². The zero-order valence-electron chi connectivity index (χ0n) is 30.5. The van der Waals surface area contributed by atoms with Crippen molar-refractivity contribution in [2.75, 3.05) is 19.8 Å². The van der Waals surface area contributed by atoms with Crippen LogP contribution in [-0.4, -0.2) is 92.1 Å². The van der Waals surface area contributed by atoms with Crippen LogP contribution >= 0.6 is 0 Å². The summed E-state index contributed by atoms with van der Waals surface area (Å²) in [6, 6.07) is -0.125. The van der Waals surface area contributed by atoms with Crippen LogP contribution in [0, 0.1) is 11.8 Å². The van der Waals surface area contributed by atoms with E-state index in [-0.39, 0.29) is 66.5 Å². The molecule has 2 amide bonds. The summed E-state index contributed by atoms with van der Waals surface area (Å²) in [6.45, 7) is 19.0. The normalized spacial score (nSPS) is 32.0. The van der Waals surface area contributed by atoms with Gasteiger partial charge in [-0.25, -0.2) is 0 Å². The monoisotopic (exact) mass is 676 g/mol. The largest absolute Gasteiger partial charge is 0.458 e. The summed E-state index contributed by atoms with van der Waals surface area (Å²) in [5, 5.41) is 6.00. The van der Waals surface area contributed by atoms with Gasteiger partial charge in [0.15, 0.2) is 6.29 Å². The molecule has 11 heteroatoms. The summed E-state index contributed by atoms with van der Waals surface area (Å²) in [7, 11) is 0. The third-order valence-corrected chi connectivity index (χ3v) is 9.04. The minimum Gasteiger partial charge on any atom is -0.458 e. The van der Waals surface area contributed by atoms with Crippen LogP contribution in [-0.2, 0) is 42.8 Å². The van der Waals surface area contributed by atoms with E-state index in [9.17, 15) is 14.4 Å². The fraction of sp³-hybridized carbons (Fsp3) is 0.757. The molecule has 3 fully saturated rings. The van der Waals surface area contributed by atoms with Gasteiger partial charge in [0.05, 0.1) is 43.3 Å². The van der Waals surface area contributed by atoms with E-state index in [1.165, 1.54) is 6.08 Å². The maximum absolute atomic E-state index is 12.6. The summed E-state index contributed by atoms with van der Waals surface area (Å²) in [4.78, 5) is 36.9. The molecule has 2 unspecified atom stereocenters. The van der Waals surface area contributed by atoms with Crippen LogP contribution < -0.4 is 10.6 Å². The molecule has 3 saturated heterocycles. The minimum absolute atomic E-state index is 0.00529. The van der Waals surface area contributed by atoms with E-state index in [1.807, 2.05) is 46.8 Å². The molecule has 272 valence electrons. The van der Waals surface area contributed by atoms with Crippen LogP contribution in [0.4, 0.5) is 0 Å². The van der Waals surface area contributed by atoms with E-state index >= 15 is 0 Å². The minimum atomic E-state index is -0.492. The summed E-state index contributed by atoms with van der Waals surface area (Å²) in [6.07, 6.45) is 10.4. The van der Waals surface area contributed by atoms with Gasteiger partial charge in [0, 0.05) is 25.6 Å². The Balaban J connectivity index is 1.58. The van der Waals surface area contributed by atoms with E-state index in [0.717, 1.165) is 24.8 Å². The SMILES string of the molecule is CCCNC(=O)C[C@@H]1C[C@@]2(CO2)C(OC(C)OCC)[C@@H](/C=C/C(C)=C/C[C@@H]2O[C@H](C)[C@H](NC(=O)/C=C\[C@H](C)OC(=O)C(C)C)C[C@@H]2C)O1. The van der Waals surface area contributed by atoms with Crippen LogP contribution in [0.15, 0.2) is 36.0 Å². The van der Waals surface area contributed by atoms with E-state index in [4.69, 9.17) is 28.4 Å². The van der Waals surface area contributed by atoms with Gasteiger partial charge in [-0.05, 0) is 65.9 Å². The van der Waals surface area contributed by atoms with Crippen LogP contribution in [0.5, 0.6) is 0 Å². The molecule has 11 nitrogen and oxygen atoms in total. The maximum Gasteiger partial charge on any atom is 0.308 e. The molecule has 0 saturated carbocycles. The van der Waals surface area contributed by atoms with E-state index in [2.05, 4.69) is 23.6 Å². The molecule has 0 aliphatic carbocycles. The highest BCUT2D eigenvalue weighted by Crippen LogP contribution is 2.45. The summed E-state index contributed by atoms with van der Waals surface area (Å²) < 4.78 is 36.1. The van der Waals surface area contributed by atoms with Crippen molar-refractivity contribution in [1.82, 2.24) is 10.6 Å². The number of hydrogen-bond donors (Lipinski definition) is 2. The zero-order chi connectivity index (χ0) is 35.4. The van der Waals surface area contributed by atoms with Crippen molar-refractivity contribution in [3.05, 3.63) is 36.0 Å². The molecule has 48 heavy (non-hydrogen) atoms. The fourth-order valence-electron chi connectivity index (χ4n) is 6.15. The number of hydrogen-bond acceptors (Lipinski definition) is 9. The van der Waals surface area contributed by atoms with Crippen molar-refractivity contribution >= 4 is 17.8 Å². The number of esters is 1. The first kappa shape index (κ1) is 39.9. The van der Waals surface area contributed by atoms with Crippen molar-refractivity contribution in [3.63, 3.8) is 0 Å². The molecule has 2 N–H and O–H groups in total. The summed E-state index contributed by atoms with van der Waals surface area (Å²) in [5.41, 5.74) is 0.564. The van der Waals surface area contributed by atoms with Crippen LogP contribution in [0.1, 0.15) is 94.4 Å². The van der Waals surface area contributed by atoms with Crippen molar-refractivity contribution in [1.29, 1.82) is 0 Å². The Morgan fingerprint density at radius 3 is 2.44 bits per heavy atom. The summed E-state index contributed by atoms with van der Waals surface area (Å²) in [5.74, 6) is -0.556. The first-order valence-electron chi connectivity index (χ1n) is 17.8. The molecule has 3 heterocycles. The zero-order valence-corrected chi connectivity index (χ0v) is 30.5. The Morgan fingerprint density at radius 1 is 1.06 bits per heavy atom. The topological polar surface area (TPSA) is 134 Å². The molecule has 0 radical (unpaired) electrons. The van der Waals surface area contributed by atoms with Gasteiger partial charge in [-0.2, -0.15) is 0 Å². The van der Waals surface area contributed by atoms with Gasteiger partial charge < -0.3 is 39.1 Å². The van der Waals surface area contributed by atoms with Gasteiger partial charge in [0.2, 0.25) is 11.8 Å². The molecule has 3 aliphatic heterocycles. The smallest absolute Gasteiger partial charge is 0.308 e. The lowest BCUT2D eigenvalue weighted by Gasteiger charge is -2.40. The van der Waals surface area contributed by atoms with Gasteiger partial charge >= 0.3 is 5.97 Å². The Labute approximate surface area is 287 Å². The molecule has 0 aromatic carbocycles. The standard InChI is InChI=1S/C37H60N2O9/c1-10-18-38-34(41)20-29-21-37(22-44-37)35(47-28(9)43-11-2)32(48-29)16-13-24(5)12-15-31-25(6)19-30(27(8)46-31)39-33(40)17-14-26(7)45-36(42)23(3)4/h12-14,16-17,23,25-32,35H,10-11,15,18-22H2,1-9H3,(H,38,41)(H,39,40)/b16-13+,17-14-,24-12+/t25-,26-,27+,28?,29+,30+,31-,32+,35?,37+/m0/s1. The van der Waals surface area contributed by atoms with Crippen LogP contribution in [0.3, 0.4) is 0 Å². The number of carbonyl (C=O) groups excluding carboxylic acids is 3. The first-order chi connectivity index (χ1) is 22.8. The molecule has 0 bridgehead atoms. The van der Waals surface area contributed by atoms with E-state index in [1.54, 1.807) is 26.8 Å². The second-order valence-corrected chi connectivity index (χ2v) is 13.8. The Bertz CT molecular complexity index is 1150. The quantitative estimate of drug-likeness (QED) is 0.0723. The highest BCUT2D eigenvalue weighted by atomic mass is 16.7. The van der Waals surface area contributed by atoms with Crippen molar-refractivity contribution in [3.8, 4) is 0 Å². The third kappa shape index (κ3) is 12.4. The van der Waals surface area contributed by atoms with E-state index in [0.29, 0.717) is 26.2 Å². The second-order valence-electron chi connectivity index (χ2n) is 13.8. The number of carbonyl (C=O) groups is 3. The Kier molecular flexibility index (Phi) is 15.8. The second kappa shape index (κ2) is 19.0. The fourth-order valence-corrected chi connectivity index (χ4v) is 6.15. The molecular formula is C37H60N2O9. The molecule has 3 aliphatic rings. The van der Waals surface area contributed by atoms with Crippen LogP contribution in [0.25, 0.3) is 0 Å². The number of nitrogens with one attached hydrogen (secondary N) is 2.